The Balaban J connectivity index is 1.55. The second-order valence-corrected chi connectivity index (χ2v) is 9.69. The molecule has 4 rings (SSSR count). The van der Waals surface area contributed by atoms with Crippen LogP contribution in [0.1, 0.15) is 16.7 Å². The highest BCUT2D eigenvalue weighted by atomic mass is 19.1. The van der Waals surface area contributed by atoms with Crippen molar-refractivity contribution in [2.75, 3.05) is 27.4 Å². The molecule has 8 heteroatoms. The highest BCUT2D eigenvalue weighted by Gasteiger charge is 2.30. The minimum absolute atomic E-state index is 0.109. The maximum atomic E-state index is 13.8. The second kappa shape index (κ2) is 15.2. The first-order valence-corrected chi connectivity index (χ1v) is 13.7. The summed E-state index contributed by atoms with van der Waals surface area (Å²) in [7, 11) is 3.15. The molecule has 4 aromatic rings. The van der Waals surface area contributed by atoms with E-state index < -0.39 is 6.04 Å². The Labute approximate surface area is 245 Å². The zero-order chi connectivity index (χ0) is 29.7. The van der Waals surface area contributed by atoms with Crippen molar-refractivity contribution in [2.45, 2.75) is 25.4 Å². The fourth-order valence-electron chi connectivity index (χ4n) is 4.57. The van der Waals surface area contributed by atoms with Gasteiger partial charge in [0.15, 0.2) is 18.1 Å². The Bertz CT molecular complexity index is 1430. The lowest BCUT2D eigenvalue weighted by atomic mass is 10.0. The van der Waals surface area contributed by atoms with Gasteiger partial charge < -0.3 is 24.4 Å². The second-order valence-electron chi connectivity index (χ2n) is 9.69. The molecule has 2 amide bonds. The number of para-hydroxylation sites is 1. The number of halogens is 1. The smallest absolute Gasteiger partial charge is 0.261 e. The van der Waals surface area contributed by atoms with Gasteiger partial charge >= 0.3 is 0 Å². The average molecular weight is 571 g/mol. The normalized spacial score (nSPS) is 11.3. The summed E-state index contributed by atoms with van der Waals surface area (Å²) in [5.41, 5.74) is 2.56. The van der Waals surface area contributed by atoms with Crippen LogP contribution in [-0.4, -0.2) is 50.1 Å². The number of methoxy groups -OCH3 is 2. The zero-order valence-corrected chi connectivity index (χ0v) is 23.8. The maximum absolute atomic E-state index is 13.8. The summed E-state index contributed by atoms with van der Waals surface area (Å²) in [6.07, 6.45) is 0.842. The van der Waals surface area contributed by atoms with Gasteiger partial charge in [-0.2, -0.15) is 0 Å². The molecule has 1 N–H and O–H groups in total. The van der Waals surface area contributed by atoms with Crippen molar-refractivity contribution in [3.05, 3.63) is 126 Å². The number of hydrogen-bond acceptors (Lipinski definition) is 5. The number of benzene rings is 4. The first-order chi connectivity index (χ1) is 20.5. The van der Waals surface area contributed by atoms with E-state index in [-0.39, 0.29) is 30.8 Å². The SMILES string of the molecule is COc1ccc(CCNC(=O)[C@H](Cc2ccccc2)N(Cc2ccc(F)cc2)C(=O)COc2ccccc2)cc1OC. The van der Waals surface area contributed by atoms with Gasteiger partial charge in [-0.15, -0.1) is 0 Å². The quantitative estimate of drug-likeness (QED) is 0.225. The van der Waals surface area contributed by atoms with Crippen LogP contribution in [0.4, 0.5) is 4.39 Å². The summed E-state index contributed by atoms with van der Waals surface area (Å²) in [5.74, 6) is 0.747. The van der Waals surface area contributed by atoms with Crippen LogP contribution >= 0.6 is 0 Å². The first kappa shape index (κ1) is 30.1. The van der Waals surface area contributed by atoms with Gasteiger partial charge in [0.1, 0.15) is 17.6 Å². The molecule has 0 saturated carbocycles. The van der Waals surface area contributed by atoms with Gasteiger partial charge in [-0.25, -0.2) is 4.39 Å². The van der Waals surface area contributed by atoms with Crippen molar-refractivity contribution < 1.29 is 28.2 Å². The van der Waals surface area contributed by atoms with Crippen LogP contribution in [0.2, 0.25) is 0 Å². The molecule has 0 aliphatic heterocycles. The summed E-state index contributed by atoms with van der Waals surface area (Å²) in [4.78, 5) is 29.0. The number of hydrogen-bond donors (Lipinski definition) is 1. The summed E-state index contributed by atoms with van der Waals surface area (Å²) in [6.45, 7) is 0.200. The zero-order valence-electron chi connectivity index (χ0n) is 23.8. The minimum Gasteiger partial charge on any atom is -0.493 e. The lowest BCUT2D eigenvalue weighted by molar-refractivity contribution is -0.142. The predicted octanol–water partition coefficient (Wildman–Crippen LogP) is 5.22. The van der Waals surface area contributed by atoms with Crippen molar-refractivity contribution >= 4 is 11.8 Å². The molecule has 0 radical (unpaired) electrons. The number of carbonyl (C=O) groups is 2. The molecule has 0 heterocycles. The lowest BCUT2D eigenvalue weighted by Gasteiger charge is -2.31. The number of amides is 2. The molecule has 4 aromatic carbocycles. The van der Waals surface area contributed by atoms with Crippen molar-refractivity contribution in [3.63, 3.8) is 0 Å². The van der Waals surface area contributed by atoms with E-state index in [0.29, 0.717) is 42.2 Å². The average Bonchev–Trinajstić information content (AvgIpc) is 3.03. The number of nitrogens with one attached hydrogen (secondary N) is 1. The molecule has 0 spiro atoms. The van der Waals surface area contributed by atoms with Crippen molar-refractivity contribution in [2.24, 2.45) is 0 Å². The largest absolute Gasteiger partial charge is 0.493 e. The Morgan fingerprint density at radius 3 is 2.10 bits per heavy atom. The van der Waals surface area contributed by atoms with Crippen LogP contribution < -0.4 is 19.5 Å². The summed E-state index contributed by atoms with van der Waals surface area (Å²) < 4.78 is 30.1. The van der Waals surface area contributed by atoms with Gasteiger partial charge in [-0.1, -0.05) is 66.7 Å². The number of carbonyl (C=O) groups excluding carboxylic acids is 2. The summed E-state index contributed by atoms with van der Waals surface area (Å²) in [6, 6.07) is 29.2. The van der Waals surface area contributed by atoms with Crippen LogP contribution in [0.5, 0.6) is 17.2 Å². The monoisotopic (exact) mass is 570 g/mol. The highest BCUT2D eigenvalue weighted by molar-refractivity contribution is 5.88. The van der Waals surface area contributed by atoms with Gasteiger partial charge in [-0.3, -0.25) is 9.59 Å². The van der Waals surface area contributed by atoms with Crippen molar-refractivity contribution in [3.8, 4) is 17.2 Å². The summed E-state index contributed by atoms with van der Waals surface area (Å²) in [5, 5.41) is 3.02. The van der Waals surface area contributed by atoms with Gasteiger partial charge in [0, 0.05) is 19.5 Å². The molecule has 0 aliphatic carbocycles. The fraction of sp³-hybridized carbons (Fsp3) is 0.235. The van der Waals surface area contributed by atoms with Crippen molar-refractivity contribution in [1.82, 2.24) is 10.2 Å². The topological polar surface area (TPSA) is 77.1 Å². The third-order valence-corrected chi connectivity index (χ3v) is 6.80. The van der Waals surface area contributed by atoms with Crippen LogP contribution in [-0.2, 0) is 29.0 Å². The summed E-state index contributed by atoms with van der Waals surface area (Å²) >= 11 is 0. The molecule has 1 atom stereocenters. The molecule has 0 bridgehead atoms. The van der Waals surface area contributed by atoms with Gasteiger partial charge in [0.25, 0.3) is 5.91 Å². The first-order valence-electron chi connectivity index (χ1n) is 13.7. The molecular weight excluding hydrogens is 535 g/mol. The molecule has 42 heavy (non-hydrogen) atoms. The van der Waals surface area contributed by atoms with E-state index in [2.05, 4.69) is 5.32 Å². The van der Waals surface area contributed by atoms with Gasteiger partial charge in [0.2, 0.25) is 5.91 Å². The van der Waals surface area contributed by atoms with Crippen LogP contribution in [0.15, 0.2) is 103 Å². The molecule has 0 aromatic heterocycles. The Kier molecular flexibility index (Phi) is 10.9. The van der Waals surface area contributed by atoms with Crippen LogP contribution in [0, 0.1) is 5.82 Å². The van der Waals surface area contributed by atoms with Crippen molar-refractivity contribution in [1.29, 1.82) is 0 Å². The molecule has 7 nitrogen and oxygen atoms in total. The standard InChI is InChI=1S/C34H35FN2O5/c1-40-31-18-15-26(22-32(31)41-2)19-20-36-34(39)30(21-25-9-5-3-6-10-25)37(23-27-13-16-28(35)17-14-27)33(38)24-42-29-11-7-4-8-12-29/h3-18,22,30H,19-21,23-24H2,1-2H3,(H,36,39)/t30-/m0/s1. The van der Waals surface area contributed by atoms with E-state index in [1.54, 1.807) is 38.5 Å². The number of nitrogens with zero attached hydrogens (tertiary/aromatic N) is 1. The minimum atomic E-state index is -0.838. The molecule has 0 saturated heterocycles. The van der Waals surface area contributed by atoms with E-state index in [0.717, 1.165) is 11.1 Å². The van der Waals surface area contributed by atoms with E-state index in [4.69, 9.17) is 14.2 Å². The Morgan fingerprint density at radius 1 is 0.786 bits per heavy atom. The molecule has 0 unspecified atom stereocenters. The third kappa shape index (κ3) is 8.57. The number of ether oxygens (including phenoxy) is 3. The van der Waals surface area contributed by atoms with Gasteiger partial charge in [0.05, 0.1) is 14.2 Å². The van der Waals surface area contributed by atoms with E-state index in [1.165, 1.54) is 17.0 Å². The third-order valence-electron chi connectivity index (χ3n) is 6.80. The van der Waals surface area contributed by atoms with Crippen LogP contribution in [0.25, 0.3) is 0 Å². The molecule has 0 fully saturated rings. The lowest BCUT2D eigenvalue weighted by Crippen LogP contribution is -2.52. The predicted molar refractivity (Wildman–Crippen MR) is 159 cm³/mol. The molecular formula is C34H35FN2O5. The maximum Gasteiger partial charge on any atom is 0.261 e. The fourth-order valence-corrected chi connectivity index (χ4v) is 4.57. The molecule has 0 aliphatic rings. The van der Waals surface area contributed by atoms with E-state index >= 15 is 0 Å². The van der Waals surface area contributed by atoms with Gasteiger partial charge in [-0.05, 0) is 59.5 Å². The van der Waals surface area contributed by atoms with E-state index in [9.17, 15) is 14.0 Å². The van der Waals surface area contributed by atoms with E-state index in [1.807, 2.05) is 66.7 Å². The van der Waals surface area contributed by atoms with Crippen LogP contribution in [0.3, 0.4) is 0 Å². The Morgan fingerprint density at radius 2 is 1.43 bits per heavy atom. The Hall–Kier alpha value is -4.85. The number of rotatable bonds is 14. The molecule has 218 valence electrons. The highest BCUT2D eigenvalue weighted by Crippen LogP contribution is 2.27.